The quantitative estimate of drug-likeness (QED) is 0.419. The number of aromatic nitrogens is 1. The Balaban J connectivity index is 2.12. The van der Waals surface area contributed by atoms with E-state index < -0.39 is 0 Å². The van der Waals surface area contributed by atoms with Gasteiger partial charge in [0.1, 0.15) is 6.61 Å². The van der Waals surface area contributed by atoms with Gasteiger partial charge in [-0.2, -0.15) is 0 Å². The first-order valence-electron chi connectivity index (χ1n) is 10.9. The third kappa shape index (κ3) is 8.15. The lowest BCUT2D eigenvalue weighted by atomic mass is 10.2. The van der Waals surface area contributed by atoms with E-state index in [1.807, 2.05) is 36.2 Å². The Labute approximate surface area is 194 Å². The molecule has 2 rings (SSSR count). The van der Waals surface area contributed by atoms with Gasteiger partial charge in [0.25, 0.3) is 0 Å². The van der Waals surface area contributed by atoms with Gasteiger partial charge >= 0.3 is 0 Å². The van der Waals surface area contributed by atoms with E-state index in [4.69, 9.17) is 4.74 Å². The van der Waals surface area contributed by atoms with Gasteiger partial charge in [-0.1, -0.05) is 48.3 Å². The minimum atomic E-state index is -0.147. The lowest BCUT2D eigenvalue weighted by Crippen LogP contribution is -2.44. The first-order chi connectivity index (χ1) is 15.0. The molecule has 1 heterocycles. The maximum absolute atomic E-state index is 13.2. The first kappa shape index (κ1) is 25.1. The molecule has 6 nitrogen and oxygen atoms in total. The van der Waals surface area contributed by atoms with Crippen LogP contribution in [-0.4, -0.2) is 59.5 Å². The van der Waals surface area contributed by atoms with Crippen LogP contribution in [0, 0.1) is 0 Å². The van der Waals surface area contributed by atoms with Gasteiger partial charge in [0.2, 0.25) is 11.8 Å². The Morgan fingerprint density at radius 2 is 1.74 bits per heavy atom. The van der Waals surface area contributed by atoms with Crippen LogP contribution in [-0.2, 0) is 27.4 Å². The molecule has 1 aromatic heterocycles. The summed E-state index contributed by atoms with van der Waals surface area (Å²) in [5.74, 6) is -0.172. The summed E-state index contributed by atoms with van der Waals surface area (Å²) in [7, 11) is 1.50. The minimum Gasteiger partial charge on any atom is -0.375 e. The van der Waals surface area contributed by atoms with Crippen LogP contribution in [0.1, 0.15) is 44.4 Å². The molecule has 170 valence electrons. The van der Waals surface area contributed by atoms with Crippen LogP contribution >= 0.6 is 15.9 Å². The van der Waals surface area contributed by atoms with Crippen LogP contribution in [0.15, 0.2) is 47.1 Å². The van der Waals surface area contributed by atoms with E-state index in [-0.39, 0.29) is 25.0 Å². The summed E-state index contributed by atoms with van der Waals surface area (Å²) in [6, 6.07) is 12.3. The Morgan fingerprint density at radius 1 is 1.00 bits per heavy atom. The molecule has 0 atom stereocenters. The highest BCUT2D eigenvalue weighted by molar-refractivity contribution is 9.10. The van der Waals surface area contributed by atoms with Crippen molar-refractivity contribution in [3.63, 3.8) is 0 Å². The van der Waals surface area contributed by atoms with E-state index in [2.05, 4.69) is 45.6 Å². The van der Waals surface area contributed by atoms with Gasteiger partial charge in [-0.25, -0.2) is 0 Å². The van der Waals surface area contributed by atoms with Gasteiger partial charge in [0, 0.05) is 43.1 Å². The van der Waals surface area contributed by atoms with Gasteiger partial charge in [-0.05, 0) is 42.7 Å². The average molecular weight is 492 g/mol. The number of carbonyl (C=O) groups excluding carboxylic acids is 2. The number of nitrogens with zero attached hydrogens (tertiary/aromatic N) is 3. The molecule has 0 N–H and O–H groups in total. The van der Waals surface area contributed by atoms with Crippen molar-refractivity contribution in [2.24, 2.45) is 0 Å². The summed E-state index contributed by atoms with van der Waals surface area (Å²) in [6.07, 6.45) is 4.78. The lowest BCUT2D eigenvalue weighted by Gasteiger charge is -2.28. The van der Waals surface area contributed by atoms with Crippen molar-refractivity contribution >= 4 is 27.7 Å². The third-order valence-electron chi connectivity index (χ3n) is 5.12. The zero-order valence-electron chi connectivity index (χ0n) is 18.8. The molecule has 0 fully saturated rings. The molecule has 0 unspecified atom stereocenters. The zero-order valence-corrected chi connectivity index (χ0v) is 20.4. The number of ether oxygens (including phenoxy) is 1. The predicted molar refractivity (Wildman–Crippen MR) is 127 cm³/mol. The van der Waals surface area contributed by atoms with Crippen molar-refractivity contribution in [2.45, 2.75) is 46.2 Å². The van der Waals surface area contributed by atoms with Crippen LogP contribution in [0.25, 0.3) is 0 Å². The number of hydrogen-bond acceptors (Lipinski definition) is 3. The Morgan fingerprint density at radius 3 is 2.39 bits per heavy atom. The van der Waals surface area contributed by atoms with Crippen LogP contribution < -0.4 is 0 Å². The van der Waals surface area contributed by atoms with Crippen molar-refractivity contribution in [3.8, 4) is 0 Å². The monoisotopic (exact) mass is 491 g/mol. The lowest BCUT2D eigenvalue weighted by molar-refractivity contribution is -0.143. The largest absolute Gasteiger partial charge is 0.375 e. The molecule has 31 heavy (non-hydrogen) atoms. The highest BCUT2D eigenvalue weighted by atomic mass is 79.9. The van der Waals surface area contributed by atoms with Gasteiger partial charge in [0.05, 0.1) is 13.1 Å². The molecule has 0 aliphatic carbocycles. The number of benzene rings is 1. The van der Waals surface area contributed by atoms with Crippen molar-refractivity contribution in [1.29, 1.82) is 0 Å². The summed E-state index contributed by atoms with van der Waals surface area (Å²) in [5, 5.41) is 0. The fourth-order valence-electron chi connectivity index (χ4n) is 3.41. The van der Waals surface area contributed by atoms with E-state index in [1.54, 1.807) is 4.90 Å². The second-order valence-electron chi connectivity index (χ2n) is 7.67. The number of halogens is 1. The molecule has 0 saturated heterocycles. The molecule has 2 aromatic rings. The van der Waals surface area contributed by atoms with Crippen LogP contribution in [0.2, 0.25) is 0 Å². The Kier molecular flexibility index (Phi) is 10.8. The highest BCUT2D eigenvalue weighted by Crippen LogP contribution is 2.15. The van der Waals surface area contributed by atoms with E-state index in [0.29, 0.717) is 19.6 Å². The van der Waals surface area contributed by atoms with Crippen molar-refractivity contribution in [2.75, 3.05) is 33.4 Å². The average Bonchev–Trinajstić information content (AvgIpc) is 3.19. The number of unbranched alkanes of at least 4 members (excludes halogenated alkanes) is 1. The highest BCUT2D eigenvalue weighted by Gasteiger charge is 2.21. The van der Waals surface area contributed by atoms with Crippen molar-refractivity contribution in [1.82, 2.24) is 14.4 Å². The zero-order chi connectivity index (χ0) is 22.6. The van der Waals surface area contributed by atoms with Crippen LogP contribution in [0.4, 0.5) is 0 Å². The molecule has 0 aliphatic rings. The van der Waals surface area contributed by atoms with Crippen LogP contribution in [0.3, 0.4) is 0 Å². The Bertz CT molecular complexity index is 820. The number of carbonyl (C=O) groups is 2. The second-order valence-corrected chi connectivity index (χ2v) is 8.59. The standard InChI is InChI=1S/C24H34BrN3O3/c1-4-6-14-28(23(29)18-27(13-5-2)24(30)19-31-3)17-22-8-7-15-26(22)16-20-9-11-21(25)12-10-20/h7-12,15H,4-6,13-14,16-19H2,1-3H3. The summed E-state index contributed by atoms with van der Waals surface area (Å²) >= 11 is 3.47. The molecule has 1 aromatic carbocycles. The number of hydrogen-bond donors (Lipinski definition) is 0. The summed E-state index contributed by atoms with van der Waals surface area (Å²) in [6.45, 7) is 6.71. The molecule has 0 radical (unpaired) electrons. The normalized spacial score (nSPS) is 10.8. The molecule has 7 heteroatoms. The molecular formula is C24H34BrN3O3. The van der Waals surface area contributed by atoms with Crippen molar-refractivity contribution in [3.05, 3.63) is 58.3 Å². The fourth-order valence-corrected chi connectivity index (χ4v) is 3.67. The SMILES string of the molecule is CCCCN(Cc1cccn1Cc1ccc(Br)cc1)C(=O)CN(CCC)C(=O)COC. The van der Waals surface area contributed by atoms with E-state index in [9.17, 15) is 9.59 Å². The smallest absolute Gasteiger partial charge is 0.249 e. The van der Waals surface area contributed by atoms with E-state index in [0.717, 1.165) is 36.0 Å². The van der Waals surface area contributed by atoms with Crippen LogP contribution in [0.5, 0.6) is 0 Å². The molecule has 0 bridgehead atoms. The number of methoxy groups -OCH3 is 1. The third-order valence-corrected chi connectivity index (χ3v) is 5.65. The first-order valence-corrected chi connectivity index (χ1v) is 11.7. The van der Waals surface area contributed by atoms with Gasteiger partial charge in [-0.3, -0.25) is 9.59 Å². The van der Waals surface area contributed by atoms with Gasteiger partial charge in [-0.15, -0.1) is 0 Å². The maximum Gasteiger partial charge on any atom is 0.249 e. The van der Waals surface area contributed by atoms with E-state index >= 15 is 0 Å². The second kappa shape index (κ2) is 13.3. The molecule has 0 spiro atoms. The molecule has 2 amide bonds. The molecular weight excluding hydrogens is 458 g/mol. The summed E-state index contributed by atoms with van der Waals surface area (Å²) in [5.41, 5.74) is 2.28. The van der Waals surface area contributed by atoms with Gasteiger partial charge < -0.3 is 19.1 Å². The predicted octanol–water partition coefficient (Wildman–Crippen LogP) is 4.31. The maximum atomic E-state index is 13.2. The topological polar surface area (TPSA) is 54.8 Å². The summed E-state index contributed by atoms with van der Waals surface area (Å²) in [4.78, 5) is 29.0. The summed E-state index contributed by atoms with van der Waals surface area (Å²) < 4.78 is 8.21. The fraction of sp³-hybridized carbons (Fsp3) is 0.500. The van der Waals surface area contributed by atoms with E-state index in [1.165, 1.54) is 12.7 Å². The Hall–Kier alpha value is -2.12. The molecule has 0 saturated carbocycles. The molecule has 0 aliphatic heterocycles. The van der Waals surface area contributed by atoms with Crippen molar-refractivity contribution < 1.29 is 14.3 Å². The minimum absolute atomic E-state index is 0.00171. The number of rotatable bonds is 13. The number of amides is 2. The van der Waals surface area contributed by atoms with Gasteiger partial charge in [0.15, 0.2) is 0 Å².